The minimum Gasteiger partial charge on any atom is -0.491 e. The second-order valence-corrected chi connectivity index (χ2v) is 14.7. The topological polar surface area (TPSA) is 128 Å². The minimum atomic E-state index is -4.52. The highest BCUT2D eigenvalue weighted by Gasteiger charge is 2.31. The molecule has 1 aliphatic heterocycles. The number of thiophene rings is 1. The number of benzene rings is 2. The third-order valence-corrected chi connectivity index (χ3v) is 11.0. The number of carboxylic acid groups (broad SMARTS) is 1. The van der Waals surface area contributed by atoms with Crippen molar-refractivity contribution in [1.29, 1.82) is 0 Å². The van der Waals surface area contributed by atoms with Gasteiger partial charge in [0.1, 0.15) is 48.2 Å². The Morgan fingerprint density at radius 3 is 2.60 bits per heavy atom. The maximum absolute atomic E-state index is 14.3. The van der Waals surface area contributed by atoms with E-state index in [0.29, 0.717) is 43.8 Å². The molecule has 300 valence electrons. The molecule has 0 radical (unpaired) electrons. The van der Waals surface area contributed by atoms with Crippen LogP contribution >= 0.6 is 22.9 Å². The van der Waals surface area contributed by atoms with Crippen molar-refractivity contribution in [3.63, 3.8) is 0 Å². The van der Waals surface area contributed by atoms with Gasteiger partial charge in [-0.05, 0) is 54.9 Å². The number of nitrogens with zero attached hydrogens (tertiary/aromatic N) is 6. The summed E-state index contributed by atoms with van der Waals surface area (Å²) < 4.78 is 87.0. The Bertz CT molecular complexity index is 2400. The van der Waals surface area contributed by atoms with Crippen LogP contribution in [-0.2, 0) is 24.3 Å². The lowest BCUT2D eigenvalue weighted by Crippen LogP contribution is -2.45. The van der Waals surface area contributed by atoms with Crippen molar-refractivity contribution >= 4 is 39.1 Å². The van der Waals surface area contributed by atoms with Gasteiger partial charge in [0.05, 0.1) is 21.0 Å². The molecule has 0 saturated carbocycles. The maximum atomic E-state index is 14.3. The number of furan rings is 1. The van der Waals surface area contributed by atoms with Crippen molar-refractivity contribution in [2.75, 3.05) is 46.4 Å². The molecule has 1 fully saturated rings. The molecule has 0 aliphatic carbocycles. The van der Waals surface area contributed by atoms with E-state index in [2.05, 4.69) is 31.9 Å². The summed E-state index contributed by atoms with van der Waals surface area (Å²) in [6, 6.07) is 12.8. The summed E-state index contributed by atoms with van der Waals surface area (Å²) >= 11 is 8.07. The van der Waals surface area contributed by atoms with Gasteiger partial charge in [0.25, 0.3) is 6.01 Å². The Labute approximate surface area is 334 Å². The van der Waals surface area contributed by atoms with E-state index < -0.39 is 37.2 Å². The van der Waals surface area contributed by atoms with Crippen LogP contribution in [0.25, 0.3) is 32.0 Å². The van der Waals surface area contributed by atoms with Gasteiger partial charge in [0.15, 0.2) is 0 Å². The Kier molecular flexibility index (Phi) is 11.6. The van der Waals surface area contributed by atoms with Crippen molar-refractivity contribution in [3.05, 3.63) is 95.0 Å². The van der Waals surface area contributed by atoms with Crippen molar-refractivity contribution in [2.24, 2.45) is 0 Å². The number of aromatic nitrogens is 4. The molecule has 5 heterocycles. The van der Waals surface area contributed by atoms with E-state index in [1.165, 1.54) is 42.9 Å². The fraction of sp³-hybridized carbons (Fsp3) is 0.333. The number of aliphatic carboxylic acids is 1. The van der Waals surface area contributed by atoms with E-state index in [9.17, 15) is 27.5 Å². The second kappa shape index (κ2) is 17.1. The Balaban J connectivity index is 1.21. The zero-order valence-electron chi connectivity index (χ0n) is 31.6. The van der Waals surface area contributed by atoms with Crippen molar-refractivity contribution in [2.45, 2.75) is 38.8 Å². The lowest BCUT2D eigenvalue weighted by molar-refractivity contribution is -0.145. The summed E-state index contributed by atoms with van der Waals surface area (Å²) in [5.74, 6) is -1.01. The van der Waals surface area contributed by atoms with E-state index in [-0.39, 0.29) is 40.6 Å². The normalized spacial score (nSPS) is 15.4. The number of para-hydroxylation sites is 1. The molecule has 4 aromatic heterocycles. The first-order valence-electron chi connectivity index (χ1n) is 18.3. The number of carboxylic acids is 1. The van der Waals surface area contributed by atoms with Crippen LogP contribution < -0.4 is 14.2 Å². The standard InChI is InChI=1S/C39H37ClF4N6O6S/c1-23-26(7-8-28(34(23)40)53-18-17-49-15-13-48(2)14-16-49)32-33-36(45-22-46-37(33)57-35(32)29-9-10-31(41)55-29)56-30(38(51)52)19-24-5-3-4-6-27(24)54-20-25-11-12-47-50(25)21-39(42,43)44/h3-12,22,30H,13-21H2,1-2H3,(H,51,52)/i19D. The number of ether oxygens (including phenoxy) is 3. The van der Waals surface area contributed by atoms with E-state index >= 15 is 0 Å². The lowest BCUT2D eigenvalue weighted by atomic mass is 9.97. The SMILES string of the molecule is [2H]C(c1ccccc1OCc1ccnn1CC(F)(F)F)C(Oc1ncnc2sc(-c3ccc(F)o3)c(-c3ccc(OCCN4CCN(C)CC4)c(Cl)c3C)c12)C(=O)O. The summed E-state index contributed by atoms with van der Waals surface area (Å²) in [5.41, 5.74) is 1.79. The molecule has 2 aromatic carbocycles. The summed E-state index contributed by atoms with van der Waals surface area (Å²) in [6.07, 6.45) is -5.63. The van der Waals surface area contributed by atoms with Crippen molar-refractivity contribution in [1.82, 2.24) is 29.5 Å². The molecule has 57 heavy (non-hydrogen) atoms. The third-order valence-electron chi connectivity index (χ3n) is 9.37. The van der Waals surface area contributed by atoms with Gasteiger partial charge < -0.3 is 28.6 Å². The molecule has 0 spiro atoms. The van der Waals surface area contributed by atoms with Crippen molar-refractivity contribution < 1.29 is 47.5 Å². The third kappa shape index (κ3) is 9.33. The second-order valence-electron chi connectivity index (χ2n) is 13.3. The predicted molar refractivity (Wildman–Crippen MR) is 205 cm³/mol. The van der Waals surface area contributed by atoms with Crippen LogP contribution in [0.3, 0.4) is 0 Å². The summed E-state index contributed by atoms with van der Waals surface area (Å²) in [4.78, 5) is 27.0. The predicted octanol–water partition coefficient (Wildman–Crippen LogP) is 7.76. The maximum Gasteiger partial charge on any atom is 0.408 e. The molecule has 0 amide bonds. The van der Waals surface area contributed by atoms with E-state index in [4.69, 9.17) is 31.6 Å². The van der Waals surface area contributed by atoms with Crippen LogP contribution in [0.15, 0.2) is 71.5 Å². The van der Waals surface area contributed by atoms with Crippen LogP contribution in [0, 0.1) is 12.9 Å². The number of fused-ring (bicyclic) bond motifs is 1. The molecule has 1 N–H and O–H groups in total. The first-order valence-corrected chi connectivity index (χ1v) is 18.9. The smallest absolute Gasteiger partial charge is 0.408 e. The molecule has 0 bridgehead atoms. The van der Waals surface area contributed by atoms with Crippen LogP contribution in [0.4, 0.5) is 17.6 Å². The van der Waals surface area contributed by atoms with Crippen LogP contribution in [0.5, 0.6) is 17.4 Å². The van der Waals surface area contributed by atoms with Crippen LogP contribution in [0.1, 0.15) is 18.2 Å². The molecular formula is C39H37ClF4N6O6S. The van der Waals surface area contributed by atoms with Crippen LogP contribution in [-0.4, -0.2) is 99.3 Å². The first kappa shape index (κ1) is 38.6. The van der Waals surface area contributed by atoms with Gasteiger partial charge in [-0.2, -0.15) is 22.7 Å². The number of hydrogen-bond acceptors (Lipinski definition) is 11. The molecule has 1 aliphatic rings. The quantitative estimate of drug-likeness (QED) is 0.102. The largest absolute Gasteiger partial charge is 0.491 e. The van der Waals surface area contributed by atoms with Gasteiger partial charge in [-0.15, -0.1) is 11.3 Å². The first-order chi connectivity index (χ1) is 27.8. The van der Waals surface area contributed by atoms with E-state index in [1.54, 1.807) is 31.2 Å². The van der Waals surface area contributed by atoms with Gasteiger partial charge in [-0.25, -0.2) is 14.8 Å². The number of hydrogen-bond donors (Lipinski definition) is 1. The number of rotatable bonds is 15. The molecule has 2 atom stereocenters. The highest BCUT2D eigenvalue weighted by Crippen LogP contribution is 2.49. The summed E-state index contributed by atoms with van der Waals surface area (Å²) in [6.45, 7) is 5.07. The molecule has 2 unspecified atom stereocenters. The summed E-state index contributed by atoms with van der Waals surface area (Å²) in [5, 5.41) is 14.8. The molecule has 6 aromatic rings. The van der Waals surface area contributed by atoms with Gasteiger partial charge in [-0.3, -0.25) is 9.58 Å². The molecule has 12 nitrogen and oxygen atoms in total. The number of halogens is 5. The lowest BCUT2D eigenvalue weighted by Gasteiger charge is -2.32. The molecule has 1 saturated heterocycles. The Hall–Kier alpha value is -5.23. The Morgan fingerprint density at radius 1 is 1.07 bits per heavy atom. The number of piperazine rings is 1. The van der Waals surface area contributed by atoms with Gasteiger partial charge >= 0.3 is 12.1 Å². The Morgan fingerprint density at radius 2 is 1.86 bits per heavy atom. The number of likely N-dealkylation sites (N-methyl/N-ethyl adjacent to an activating group) is 1. The van der Waals surface area contributed by atoms with Crippen LogP contribution in [0.2, 0.25) is 5.02 Å². The van der Waals surface area contributed by atoms with E-state index in [1.807, 2.05) is 0 Å². The number of carbonyl (C=O) groups is 1. The van der Waals surface area contributed by atoms with Gasteiger partial charge in [0, 0.05) is 58.3 Å². The minimum absolute atomic E-state index is 0.0550. The van der Waals surface area contributed by atoms with Gasteiger partial charge in [-0.1, -0.05) is 35.9 Å². The van der Waals surface area contributed by atoms with Crippen molar-refractivity contribution in [3.8, 4) is 39.1 Å². The highest BCUT2D eigenvalue weighted by atomic mass is 35.5. The monoisotopic (exact) mass is 829 g/mol. The van der Waals surface area contributed by atoms with Gasteiger partial charge in [0.2, 0.25) is 12.0 Å². The molecule has 18 heteroatoms. The average molecular weight is 830 g/mol. The zero-order valence-corrected chi connectivity index (χ0v) is 32.2. The summed E-state index contributed by atoms with van der Waals surface area (Å²) in [7, 11) is 2.09. The zero-order chi connectivity index (χ0) is 41.1. The average Bonchev–Trinajstić information content (AvgIpc) is 3.93. The van der Waals surface area contributed by atoms with E-state index in [0.717, 1.165) is 48.7 Å². The fourth-order valence-corrected chi connectivity index (χ4v) is 7.73. The molecular weight excluding hydrogens is 792 g/mol. The number of alkyl halides is 3. The molecule has 7 rings (SSSR count). The highest BCUT2D eigenvalue weighted by molar-refractivity contribution is 7.22. The fourth-order valence-electron chi connectivity index (χ4n) is 6.40.